The molecule has 0 saturated carbocycles. The number of nitrogens with zero attached hydrogens (tertiary/aromatic N) is 2. The number of hydrogen-bond donors (Lipinski definition) is 1. The van der Waals surface area contributed by atoms with Crippen LogP contribution in [-0.2, 0) is 27.1 Å². The number of carbonyl (C=O) groups is 2. The number of hydrogen-bond acceptors (Lipinski definition) is 7. The lowest BCUT2D eigenvalue weighted by Gasteiger charge is -2.11. The van der Waals surface area contributed by atoms with Gasteiger partial charge in [0.15, 0.2) is 6.61 Å². The van der Waals surface area contributed by atoms with Gasteiger partial charge in [0, 0.05) is 11.6 Å². The van der Waals surface area contributed by atoms with Crippen LogP contribution in [0.1, 0.15) is 23.9 Å². The third kappa shape index (κ3) is 6.67. The summed E-state index contributed by atoms with van der Waals surface area (Å²) in [7, 11) is 1.55. The number of amides is 1. The molecule has 0 aliphatic heterocycles. The monoisotopic (exact) mass is 475 g/mol. The minimum atomic E-state index is -4.51. The predicted octanol–water partition coefficient (Wildman–Crippen LogP) is 4.03. The molecule has 3 aromatic rings. The van der Waals surface area contributed by atoms with Crippen LogP contribution in [0.5, 0.6) is 5.75 Å². The summed E-state index contributed by atoms with van der Waals surface area (Å²) in [5.74, 6) is -0.781. The largest absolute Gasteiger partial charge is 0.497 e. The molecule has 0 aliphatic carbocycles. The third-order valence-corrected chi connectivity index (χ3v) is 4.51. The van der Waals surface area contributed by atoms with Crippen molar-refractivity contribution in [1.82, 2.24) is 15.5 Å². The number of ether oxygens (including phenoxy) is 2. The minimum absolute atomic E-state index is 0.0813. The number of aromatic nitrogens is 2. The summed E-state index contributed by atoms with van der Waals surface area (Å²) >= 11 is 0. The predicted molar refractivity (Wildman–Crippen MR) is 114 cm³/mol. The molecule has 2 aromatic carbocycles. The van der Waals surface area contributed by atoms with Crippen LogP contribution in [0.4, 0.5) is 13.2 Å². The summed E-state index contributed by atoms with van der Waals surface area (Å²) in [4.78, 5) is 28.1. The van der Waals surface area contributed by atoms with E-state index in [1.54, 1.807) is 37.5 Å². The van der Waals surface area contributed by atoms with Gasteiger partial charge in [0.1, 0.15) is 11.8 Å². The molecular weight excluding hydrogens is 455 g/mol. The van der Waals surface area contributed by atoms with Crippen LogP contribution in [0.15, 0.2) is 59.1 Å². The molecule has 11 heteroatoms. The van der Waals surface area contributed by atoms with E-state index in [2.05, 4.69) is 15.5 Å². The van der Waals surface area contributed by atoms with Crippen LogP contribution >= 0.6 is 0 Å². The lowest BCUT2D eigenvalue weighted by atomic mass is 10.1. The standard InChI is InChI=1S/C23H20F3N3O5/c1-14(27-19(30)11-8-15-6-9-18(32-2)10-7-15)22(31)33-13-20-28-21(29-34-20)16-4-3-5-17(12-16)23(24,25)26/h3-12,14H,13H2,1-2H3,(H,27,30)/b11-8+/t14-/m0/s1. The van der Waals surface area contributed by atoms with E-state index in [-0.39, 0.29) is 17.3 Å². The number of carbonyl (C=O) groups excluding carboxylic acids is 2. The van der Waals surface area contributed by atoms with E-state index in [9.17, 15) is 22.8 Å². The van der Waals surface area contributed by atoms with Crippen molar-refractivity contribution in [3.05, 3.63) is 71.6 Å². The molecule has 1 aromatic heterocycles. The van der Waals surface area contributed by atoms with Crippen LogP contribution in [0.25, 0.3) is 17.5 Å². The zero-order valence-electron chi connectivity index (χ0n) is 18.1. The first-order valence-electron chi connectivity index (χ1n) is 9.95. The maximum Gasteiger partial charge on any atom is 0.416 e. The fourth-order valence-electron chi connectivity index (χ4n) is 2.73. The molecule has 0 radical (unpaired) electrons. The summed E-state index contributed by atoms with van der Waals surface area (Å²) in [6, 6.07) is 10.5. The van der Waals surface area contributed by atoms with Gasteiger partial charge in [0.2, 0.25) is 11.7 Å². The van der Waals surface area contributed by atoms with Gasteiger partial charge < -0.3 is 19.3 Å². The summed E-state index contributed by atoms with van der Waals surface area (Å²) < 4.78 is 53.6. The number of esters is 1. The molecule has 1 atom stereocenters. The van der Waals surface area contributed by atoms with Crippen molar-refractivity contribution in [2.24, 2.45) is 0 Å². The first-order chi connectivity index (χ1) is 16.2. The molecular formula is C23H20F3N3O5. The smallest absolute Gasteiger partial charge is 0.416 e. The molecule has 0 fully saturated rings. The Balaban J connectivity index is 1.51. The second-order valence-electron chi connectivity index (χ2n) is 7.03. The molecule has 1 heterocycles. The van der Waals surface area contributed by atoms with Gasteiger partial charge >= 0.3 is 12.1 Å². The number of benzene rings is 2. The van der Waals surface area contributed by atoms with Crippen molar-refractivity contribution < 1.29 is 36.8 Å². The minimum Gasteiger partial charge on any atom is -0.497 e. The Morgan fingerprint density at radius 1 is 1.18 bits per heavy atom. The first-order valence-corrected chi connectivity index (χ1v) is 9.95. The molecule has 0 unspecified atom stereocenters. The van der Waals surface area contributed by atoms with Gasteiger partial charge in [-0.1, -0.05) is 29.4 Å². The highest BCUT2D eigenvalue weighted by molar-refractivity contribution is 5.94. The average Bonchev–Trinajstić information content (AvgIpc) is 3.30. The van der Waals surface area contributed by atoms with E-state index in [0.29, 0.717) is 5.75 Å². The quantitative estimate of drug-likeness (QED) is 0.388. The SMILES string of the molecule is COc1ccc(/C=C/C(=O)N[C@@H](C)C(=O)OCc2nc(-c3cccc(C(F)(F)F)c3)no2)cc1. The Bertz CT molecular complexity index is 1170. The Kier molecular flexibility index (Phi) is 7.67. The van der Waals surface area contributed by atoms with Gasteiger partial charge in [0.05, 0.1) is 12.7 Å². The van der Waals surface area contributed by atoms with E-state index in [1.165, 1.54) is 25.1 Å². The molecule has 1 amide bonds. The van der Waals surface area contributed by atoms with Crippen LogP contribution in [-0.4, -0.2) is 35.2 Å². The van der Waals surface area contributed by atoms with Crippen molar-refractivity contribution in [1.29, 1.82) is 0 Å². The highest BCUT2D eigenvalue weighted by atomic mass is 19.4. The maximum absolute atomic E-state index is 12.9. The van der Waals surface area contributed by atoms with Crippen molar-refractivity contribution in [3.8, 4) is 17.1 Å². The molecule has 0 saturated heterocycles. The van der Waals surface area contributed by atoms with Gasteiger partial charge in [0.25, 0.3) is 5.89 Å². The second-order valence-corrected chi connectivity index (χ2v) is 7.03. The Labute approximate surface area is 192 Å². The highest BCUT2D eigenvalue weighted by Crippen LogP contribution is 2.31. The van der Waals surface area contributed by atoms with Crippen LogP contribution in [0, 0.1) is 0 Å². The number of methoxy groups -OCH3 is 1. The lowest BCUT2D eigenvalue weighted by Crippen LogP contribution is -2.38. The molecule has 8 nitrogen and oxygen atoms in total. The second kappa shape index (κ2) is 10.6. The molecule has 1 N–H and O–H groups in total. The van der Waals surface area contributed by atoms with E-state index in [0.717, 1.165) is 17.7 Å². The average molecular weight is 475 g/mol. The Morgan fingerprint density at radius 2 is 1.91 bits per heavy atom. The van der Waals surface area contributed by atoms with Gasteiger partial charge in [-0.2, -0.15) is 18.2 Å². The van der Waals surface area contributed by atoms with E-state index in [1.807, 2.05) is 0 Å². The van der Waals surface area contributed by atoms with E-state index < -0.39 is 36.3 Å². The van der Waals surface area contributed by atoms with Crippen molar-refractivity contribution in [3.63, 3.8) is 0 Å². The third-order valence-electron chi connectivity index (χ3n) is 4.51. The summed E-state index contributed by atoms with van der Waals surface area (Å²) in [5.41, 5.74) is 0.00737. The molecule has 34 heavy (non-hydrogen) atoms. The zero-order valence-corrected chi connectivity index (χ0v) is 18.1. The molecule has 0 spiro atoms. The summed E-state index contributed by atoms with van der Waals surface area (Å²) in [6.45, 7) is 1.02. The molecule has 0 bridgehead atoms. The summed E-state index contributed by atoms with van der Waals surface area (Å²) in [5, 5.41) is 6.08. The Hall–Kier alpha value is -4.15. The number of alkyl halides is 3. The highest BCUT2D eigenvalue weighted by Gasteiger charge is 2.30. The maximum atomic E-state index is 12.9. The Morgan fingerprint density at radius 3 is 2.59 bits per heavy atom. The van der Waals surface area contributed by atoms with Gasteiger partial charge in [-0.3, -0.25) is 4.79 Å². The van der Waals surface area contributed by atoms with Crippen molar-refractivity contribution in [2.45, 2.75) is 25.7 Å². The molecule has 0 aliphatic rings. The molecule has 178 valence electrons. The van der Waals surface area contributed by atoms with Gasteiger partial charge in [-0.25, -0.2) is 4.79 Å². The zero-order chi connectivity index (χ0) is 24.7. The van der Waals surface area contributed by atoms with Crippen LogP contribution in [0.2, 0.25) is 0 Å². The number of halogens is 3. The number of rotatable bonds is 8. The first kappa shape index (κ1) is 24.5. The van der Waals surface area contributed by atoms with Crippen LogP contribution < -0.4 is 10.1 Å². The topological polar surface area (TPSA) is 104 Å². The van der Waals surface area contributed by atoms with Crippen molar-refractivity contribution >= 4 is 18.0 Å². The van der Waals surface area contributed by atoms with E-state index >= 15 is 0 Å². The van der Waals surface area contributed by atoms with E-state index in [4.69, 9.17) is 14.0 Å². The van der Waals surface area contributed by atoms with Crippen molar-refractivity contribution in [2.75, 3.05) is 7.11 Å². The van der Waals surface area contributed by atoms with Crippen LogP contribution in [0.3, 0.4) is 0 Å². The normalized spacial score (nSPS) is 12.4. The lowest BCUT2D eigenvalue weighted by molar-refractivity contribution is -0.149. The van der Waals surface area contributed by atoms with Gasteiger partial charge in [-0.15, -0.1) is 0 Å². The number of nitrogens with one attached hydrogen (secondary N) is 1. The van der Waals surface area contributed by atoms with Gasteiger partial charge in [-0.05, 0) is 42.8 Å². The summed E-state index contributed by atoms with van der Waals surface area (Å²) in [6.07, 6.45) is -1.67. The fourth-order valence-corrected chi connectivity index (χ4v) is 2.73. The molecule has 3 rings (SSSR count). The fraction of sp³-hybridized carbons (Fsp3) is 0.217.